The summed E-state index contributed by atoms with van der Waals surface area (Å²) in [4.78, 5) is 11.9. The molecule has 0 spiro atoms. The summed E-state index contributed by atoms with van der Waals surface area (Å²) in [5, 5.41) is 16.0. The van der Waals surface area contributed by atoms with Gasteiger partial charge in [0.1, 0.15) is 5.82 Å². The average molecular weight is 310 g/mol. The Balaban J connectivity index is 2.33. The summed E-state index contributed by atoms with van der Waals surface area (Å²) in [6.07, 6.45) is 1.79. The second-order valence-electron chi connectivity index (χ2n) is 5.71. The zero-order chi connectivity index (χ0) is 16.5. The number of amides is 1. The molecule has 0 aliphatic rings. The summed E-state index contributed by atoms with van der Waals surface area (Å²) in [5.74, 6) is -0.181. The molecule has 4 nitrogen and oxygen atoms in total. The van der Waals surface area contributed by atoms with Crippen molar-refractivity contribution < 1.29 is 14.3 Å². The van der Waals surface area contributed by atoms with Crippen LogP contribution in [0.1, 0.15) is 40.0 Å². The van der Waals surface area contributed by atoms with E-state index in [9.17, 15) is 14.3 Å². The van der Waals surface area contributed by atoms with Gasteiger partial charge in [0.15, 0.2) is 0 Å². The average Bonchev–Trinajstić information content (AvgIpc) is 2.48. The minimum Gasteiger partial charge on any atom is -0.392 e. The normalized spacial score (nSPS) is 13.9. The number of carbonyl (C=O) groups is 1. The molecule has 0 bridgehead atoms. The number of nitrogens with one attached hydrogen (secondary N) is 2. The standard InChI is InChI=1S/C17H27FN2O2/c1-4-13(5-2)16(21)11-19-12(3)10-17(22)20-15-8-6-14(18)7-9-15/h6-9,12-13,16,19,21H,4-5,10-11H2,1-3H3,(H,20,22). The first kappa shape index (κ1) is 18.6. The largest absolute Gasteiger partial charge is 0.392 e. The van der Waals surface area contributed by atoms with Crippen molar-refractivity contribution in [3.63, 3.8) is 0 Å². The minimum absolute atomic E-state index is 0.0375. The van der Waals surface area contributed by atoms with Crippen LogP contribution in [0.5, 0.6) is 0 Å². The Kier molecular flexibility index (Phi) is 8.06. The Hall–Kier alpha value is -1.46. The quantitative estimate of drug-likeness (QED) is 0.657. The van der Waals surface area contributed by atoms with E-state index in [0.717, 1.165) is 12.8 Å². The molecule has 2 atom stereocenters. The molecule has 3 N–H and O–H groups in total. The van der Waals surface area contributed by atoms with Gasteiger partial charge in [-0.15, -0.1) is 0 Å². The van der Waals surface area contributed by atoms with Crippen LogP contribution in [-0.4, -0.2) is 29.7 Å². The van der Waals surface area contributed by atoms with Crippen molar-refractivity contribution in [2.75, 3.05) is 11.9 Å². The number of aliphatic hydroxyl groups excluding tert-OH is 1. The number of carbonyl (C=O) groups excluding carboxylic acids is 1. The summed E-state index contributed by atoms with van der Waals surface area (Å²) in [6, 6.07) is 5.64. The number of hydrogen-bond donors (Lipinski definition) is 3. The topological polar surface area (TPSA) is 61.4 Å². The van der Waals surface area contributed by atoms with Crippen molar-refractivity contribution in [1.82, 2.24) is 5.32 Å². The van der Waals surface area contributed by atoms with Crippen LogP contribution in [-0.2, 0) is 4.79 Å². The van der Waals surface area contributed by atoms with Crippen LogP contribution in [0.4, 0.5) is 10.1 Å². The molecule has 0 aromatic heterocycles. The molecule has 1 aromatic rings. The zero-order valence-electron chi connectivity index (χ0n) is 13.6. The van der Waals surface area contributed by atoms with Gasteiger partial charge in [0, 0.05) is 24.7 Å². The smallest absolute Gasteiger partial charge is 0.225 e. The maximum absolute atomic E-state index is 12.8. The van der Waals surface area contributed by atoms with Crippen molar-refractivity contribution in [1.29, 1.82) is 0 Å². The van der Waals surface area contributed by atoms with Crippen LogP contribution in [0.15, 0.2) is 24.3 Å². The minimum atomic E-state index is -0.391. The van der Waals surface area contributed by atoms with Crippen molar-refractivity contribution in [3.05, 3.63) is 30.1 Å². The van der Waals surface area contributed by atoms with Crippen molar-refractivity contribution in [3.8, 4) is 0 Å². The predicted octanol–water partition coefficient (Wildman–Crippen LogP) is 2.93. The predicted molar refractivity (Wildman–Crippen MR) is 87.2 cm³/mol. The third kappa shape index (κ3) is 6.54. The number of aliphatic hydroxyl groups is 1. The van der Waals surface area contributed by atoms with Gasteiger partial charge in [-0.2, -0.15) is 0 Å². The molecule has 1 aromatic carbocycles. The Morgan fingerprint density at radius 1 is 1.23 bits per heavy atom. The van der Waals surface area contributed by atoms with Gasteiger partial charge in [0.25, 0.3) is 0 Å². The summed E-state index contributed by atoms with van der Waals surface area (Å²) < 4.78 is 12.8. The lowest BCUT2D eigenvalue weighted by molar-refractivity contribution is -0.116. The first-order chi connectivity index (χ1) is 10.5. The molecule has 0 fully saturated rings. The Morgan fingerprint density at radius 3 is 2.36 bits per heavy atom. The first-order valence-corrected chi connectivity index (χ1v) is 7.93. The highest BCUT2D eigenvalue weighted by Gasteiger charge is 2.17. The molecular formula is C17H27FN2O2. The lowest BCUT2D eigenvalue weighted by Gasteiger charge is -2.22. The number of anilines is 1. The first-order valence-electron chi connectivity index (χ1n) is 7.93. The zero-order valence-corrected chi connectivity index (χ0v) is 13.6. The molecule has 0 aliphatic heterocycles. The molecule has 22 heavy (non-hydrogen) atoms. The SMILES string of the molecule is CCC(CC)C(O)CNC(C)CC(=O)Nc1ccc(F)cc1. The van der Waals surface area contributed by atoms with Gasteiger partial charge < -0.3 is 15.7 Å². The fraction of sp³-hybridized carbons (Fsp3) is 0.588. The van der Waals surface area contributed by atoms with E-state index < -0.39 is 6.10 Å². The summed E-state index contributed by atoms with van der Waals surface area (Å²) >= 11 is 0. The lowest BCUT2D eigenvalue weighted by atomic mass is 9.96. The maximum atomic E-state index is 12.8. The monoisotopic (exact) mass is 310 g/mol. The van der Waals surface area contributed by atoms with Crippen LogP contribution in [0, 0.1) is 11.7 Å². The van der Waals surface area contributed by atoms with E-state index in [4.69, 9.17) is 0 Å². The Labute approximate surface area is 132 Å². The highest BCUT2D eigenvalue weighted by atomic mass is 19.1. The second-order valence-corrected chi connectivity index (χ2v) is 5.71. The summed E-state index contributed by atoms with van der Waals surface area (Å²) in [5.41, 5.74) is 0.579. The van der Waals surface area contributed by atoms with E-state index >= 15 is 0 Å². The van der Waals surface area contributed by atoms with Gasteiger partial charge in [0.05, 0.1) is 6.10 Å². The number of benzene rings is 1. The third-order valence-corrected chi connectivity index (χ3v) is 3.89. The molecule has 1 amide bonds. The van der Waals surface area contributed by atoms with Crippen molar-refractivity contribution in [2.45, 2.75) is 52.2 Å². The third-order valence-electron chi connectivity index (χ3n) is 3.89. The van der Waals surface area contributed by atoms with Gasteiger partial charge in [-0.3, -0.25) is 4.79 Å². The molecule has 1 rings (SSSR count). The molecule has 0 radical (unpaired) electrons. The number of rotatable bonds is 9. The van der Waals surface area contributed by atoms with Crippen molar-refractivity contribution >= 4 is 11.6 Å². The van der Waals surface area contributed by atoms with Gasteiger partial charge in [-0.05, 0) is 37.1 Å². The van der Waals surface area contributed by atoms with Crippen LogP contribution in [0.3, 0.4) is 0 Å². The van der Waals surface area contributed by atoms with E-state index in [1.54, 1.807) is 0 Å². The van der Waals surface area contributed by atoms with Gasteiger partial charge >= 0.3 is 0 Å². The van der Waals surface area contributed by atoms with Crippen molar-refractivity contribution in [2.24, 2.45) is 5.92 Å². The molecule has 0 saturated heterocycles. The molecular weight excluding hydrogens is 283 g/mol. The highest BCUT2D eigenvalue weighted by molar-refractivity contribution is 5.91. The molecule has 5 heteroatoms. The van der Waals surface area contributed by atoms with Gasteiger partial charge in [-0.25, -0.2) is 4.39 Å². The van der Waals surface area contributed by atoms with Gasteiger partial charge in [0.2, 0.25) is 5.91 Å². The second kappa shape index (κ2) is 9.54. The van der Waals surface area contributed by atoms with E-state index in [-0.39, 0.29) is 23.7 Å². The van der Waals surface area contributed by atoms with E-state index in [2.05, 4.69) is 24.5 Å². The summed E-state index contributed by atoms with van der Waals surface area (Å²) in [6.45, 7) is 6.52. The van der Waals surface area contributed by atoms with Crippen LogP contribution in [0.25, 0.3) is 0 Å². The number of hydrogen-bond acceptors (Lipinski definition) is 3. The molecule has 0 aliphatic carbocycles. The Bertz CT molecular complexity index is 446. The molecule has 0 heterocycles. The molecule has 124 valence electrons. The number of halogens is 1. The lowest BCUT2D eigenvalue weighted by Crippen LogP contribution is -2.38. The maximum Gasteiger partial charge on any atom is 0.225 e. The van der Waals surface area contributed by atoms with Gasteiger partial charge in [-0.1, -0.05) is 26.7 Å². The van der Waals surface area contributed by atoms with Crippen LogP contribution >= 0.6 is 0 Å². The van der Waals surface area contributed by atoms with E-state index in [1.807, 2.05) is 6.92 Å². The fourth-order valence-corrected chi connectivity index (χ4v) is 2.42. The van der Waals surface area contributed by atoms with E-state index in [1.165, 1.54) is 24.3 Å². The van der Waals surface area contributed by atoms with Crippen LogP contribution in [0.2, 0.25) is 0 Å². The summed E-state index contributed by atoms with van der Waals surface area (Å²) in [7, 11) is 0. The highest BCUT2D eigenvalue weighted by Crippen LogP contribution is 2.13. The molecule has 2 unspecified atom stereocenters. The Morgan fingerprint density at radius 2 is 1.82 bits per heavy atom. The van der Waals surface area contributed by atoms with E-state index in [0.29, 0.717) is 18.7 Å². The van der Waals surface area contributed by atoms with Crippen LogP contribution < -0.4 is 10.6 Å². The molecule has 0 saturated carbocycles. The fourth-order valence-electron chi connectivity index (χ4n) is 2.42.